The van der Waals surface area contributed by atoms with Crippen LogP contribution in [0.3, 0.4) is 0 Å². The zero-order valence-electron chi connectivity index (χ0n) is 17.8. The lowest BCUT2D eigenvalue weighted by Gasteiger charge is -2.31. The van der Waals surface area contributed by atoms with Crippen LogP contribution in [0.5, 0.6) is 0 Å². The number of azo groups is 1. The molecule has 162 valence electrons. The van der Waals surface area contributed by atoms with E-state index in [1.807, 2.05) is 39.0 Å². The van der Waals surface area contributed by atoms with Gasteiger partial charge >= 0.3 is 5.97 Å². The van der Waals surface area contributed by atoms with Crippen molar-refractivity contribution < 1.29 is 14.5 Å². The number of nitro groups is 1. The highest BCUT2D eigenvalue weighted by atomic mass is 35.5. The number of nitro benzene ring substituents is 1. The number of hydrogen-bond donors (Lipinski definition) is 0. The van der Waals surface area contributed by atoms with E-state index in [0.717, 1.165) is 5.56 Å². The molecule has 3 rings (SSSR count). The highest BCUT2D eigenvalue weighted by Crippen LogP contribution is 2.45. The summed E-state index contributed by atoms with van der Waals surface area (Å²) in [5.41, 5.74) is 0.612. The van der Waals surface area contributed by atoms with Crippen LogP contribution in [-0.2, 0) is 16.0 Å². The van der Waals surface area contributed by atoms with Crippen LogP contribution in [0, 0.1) is 15.5 Å². The third-order valence-corrected chi connectivity index (χ3v) is 5.51. The molecule has 0 unspecified atom stereocenters. The summed E-state index contributed by atoms with van der Waals surface area (Å²) in [6.45, 7) is 6.10. The molecule has 2 aromatic rings. The molecule has 0 bridgehead atoms. The average Bonchev–Trinajstić information content (AvgIpc) is 3.08. The second kappa shape index (κ2) is 8.59. The van der Waals surface area contributed by atoms with Gasteiger partial charge in [-0.25, -0.2) is 4.79 Å². The molecule has 1 aliphatic rings. The molecule has 0 N–H and O–H groups in total. The van der Waals surface area contributed by atoms with E-state index in [9.17, 15) is 14.9 Å². The van der Waals surface area contributed by atoms with Crippen molar-refractivity contribution in [2.75, 3.05) is 7.11 Å². The minimum Gasteiger partial charge on any atom is -0.467 e. The molecule has 0 spiro atoms. The quantitative estimate of drug-likeness (QED) is 0.339. The number of non-ortho nitro benzene ring substituents is 1. The summed E-state index contributed by atoms with van der Waals surface area (Å²) >= 11 is 6.02. The van der Waals surface area contributed by atoms with Gasteiger partial charge in [0.15, 0.2) is 0 Å². The molecule has 0 saturated carbocycles. The molecular weight excluding hydrogens is 418 g/mol. The molecule has 0 fully saturated rings. The Labute approximate surface area is 185 Å². The van der Waals surface area contributed by atoms with Crippen LogP contribution < -0.4 is 0 Å². The van der Waals surface area contributed by atoms with Crippen molar-refractivity contribution >= 4 is 29.3 Å². The Morgan fingerprint density at radius 1 is 1.19 bits per heavy atom. The van der Waals surface area contributed by atoms with Gasteiger partial charge in [-0.2, -0.15) is 10.2 Å². The van der Waals surface area contributed by atoms with Gasteiger partial charge in [-0.15, -0.1) is 0 Å². The molecule has 1 aliphatic heterocycles. The van der Waals surface area contributed by atoms with Gasteiger partial charge in [0.2, 0.25) is 5.54 Å². The monoisotopic (exact) mass is 441 g/mol. The maximum Gasteiger partial charge on any atom is 0.340 e. The normalized spacial score (nSPS) is 22.0. The van der Waals surface area contributed by atoms with Crippen molar-refractivity contribution in [1.29, 1.82) is 0 Å². The van der Waals surface area contributed by atoms with Crippen molar-refractivity contribution in [3.8, 4) is 0 Å². The van der Waals surface area contributed by atoms with Crippen molar-refractivity contribution in [3.63, 3.8) is 0 Å². The van der Waals surface area contributed by atoms with E-state index in [0.29, 0.717) is 16.2 Å². The first-order chi connectivity index (χ1) is 14.6. The fraction of sp³-hybridized carbons (Fsp3) is 0.348. The summed E-state index contributed by atoms with van der Waals surface area (Å²) in [6, 6.07) is 13.0. The molecule has 0 aromatic heterocycles. The van der Waals surface area contributed by atoms with Gasteiger partial charge in [0.1, 0.15) is 0 Å². The number of rotatable bonds is 5. The largest absolute Gasteiger partial charge is 0.467 e. The maximum absolute atomic E-state index is 13.1. The Kier molecular flexibility index (Phi) is 6.27. The highest BCUT2D eigenvalue weighted by Gasteiger charge is 2.53. The lowest BCUT2D eigenvalue weighted by atomic mass is 9.73. The van der Waals surface area contributed by atoms with Crippen LogP contribution in [0.2, 0.25) is 5.02 Å². The topological polar surface area (TPSA) is 94.2 Å². The number of benzene rings is 2. The highest BCUT2D eigenvalue weighted by molar-refractivity contribution is 6.30. The molecule has 31 heavy (non-hydrogen) atoms. The van der Waals surface area contributed by atoms with Crippen molar-refractivity contribution in [1.82, 2.24) is 0 Å². The zero-order valence-corrected chi connectivity index (χ0v) is 18.6. The van der Waals surface area contributed by atoms with Gasteiger partial charge in [-0.1, -0.05) is 62.7 Å². The van der Waals surface area contributed by atoms with Gasteiger partial charge in [0.05, 0.1) is 18.1 Å². The van der Waals surface area contributed by atoms with Crippen molar-refractivity contribution in [2.45, 2.75) is 38.8 Å². The number of carbonyl (C=O) groups is 1. The minimum atomic E-state index is -1.36. The van der Waals surface area contributed by atoms with Gasteiger partial charge in [0.25, 0.3) is 5.69 Å². The number of methoxy groups -OCH3 is 1. The second-order valence-corrected chi connectivity index (χ2v) is 9.02. The molecule has 7 nitrogen and oxygen atoms in total. The summed E-state index contributed by atoms with van der Waals surface area (Å²) in [5, 5.41) is 20.5. The first kappa shape index (κ1) is 22.6. The smallest absolute Gasteiger partial charge is 0.340 e. The van der Waals surface area contributed by atoms with E-state index in [1.165, 1.54) is 19.2 Å². The van der Waals surface area contributed by atoms with E-state index < -0.39 is 16.4 Å². The van der Waals surface area contributed by atoms with Gasteiger partial charge in [-0.05, 0) is 34.2 Å². The van der Waals surface area contributed by atoms with Crippen molar-refractivity contribution in [2.24, 2.45) is 15.6 Å². The molecule has 0 amide bonds. The second-order valence-electron chi connectivity index (χ2n) is 8.59. The predicted octanol–water partition coefficient (Wildman–Crippen LogP) is 5.67. The predicted molar refractivity (Wildman–Crippen MR) is 119 cm³/mol. The maximum atomic E-state index is 13.1. The minimum absolute atomic E-state index is 0.0200. The number of esters is 1. The standard InChI is InChI=1S/C23H24ClN3O4/c1-22(2,3)20-19(13-15-5-9-17(24)10-6-15)23(26-25-20,21(28)31-4)14-16-7-11-18(12-8-16)27(29)30/h5-13,20H,14H2,1-4H3/b19-13+/t20-,23-/m0/s1. The van der Waals surface area contributed by atoms with E-state index in [1.54, 1.807) is 24.3 Å². The number of ether oxygens (including phenoxy) is 1. The lowest BCUT2D eigenvalue weighted by Crippen LogP contribution is -2.43. The molecular formula is C23H24ClN3O4. The van der Waals surface area contributed by atoms with Crippen LogP contribution in [0.1, 0.15) is 31.9 Å². The average molecular weight is 442 g/mol. The molecule has 0 aliphatic carbocycles. The Morgan fingerprint density at radius 2 is 1.81 bits per heavy atom. The van der Waals surface area contributed by atoms with Crippen LogP contribution in [0.4, 0.5) is 5.69 Å². The summed E-state index contributed by atoms with van der Waals surface area (Å²) in [5.74, 6) is -0.526. The zero-order chi connectivity index (χ0) is 22.8. The molecule has 8 heteroatoms. The van der Waals surface area contributed by atoms with Crippen LogP contribution in [-0.4, -0.2) is 29.6 Å². The van der Waals surface area contributed by atoms with Crippen LogP contribution in [0.25, 0.3) is 6.08 Å². The van der Waals surface area contributed by atoms with Crippen molar-refractivity contribution in [3.05, 3.63) is 80.4 Å². The first-order valence-corrected chi connectivity index (χ1v) is 10.2. The molecule has 0 radical (unpaired) electrons. The summed E-state index contributed by atoms with van der Waals surface area (Å²) < 4.78 is 5.16. The molecule has 2 aromatic carbocycles. The lowest BCUT2D eigenvalue weighted by molar-refractivity contribution is -0.384. The van der Waals surface area contributed by atoms with E-state index in [2.05, 4.69) is 10.2 Å². The Hall–Kier alpha value is -3.06. The fourth-order valence-electron chi connectivity index (χ4n) is 3.65. The van der Waals surface area contributed by atoms with Gasteiger partial charge < -0.3 is 4.74 Å². The van der Waals surface area contributed by atoms with E-state index in [-0.39, 0.29) is 23.6 Å². The number of nitrogens with zero attached hydrogens (tertiary/aromatic N) is 3. The van der Waals surface area contributed by atoms with Crippen LogP contribution in [0.15, 0.2) is 64.3 Å². The first-order valence-electron chi connectivity index (χ1n) is 9.78. The summed E-state index contributed by atoms with van der Waals surface area (Å²) in [6.07, 6.45) is 2.09. The Balaban J connectivity index is 2.13. The summed E-state index contributed by atoms with van der Waals surface area (Å²) in [4.78, 5) is 23.6. The third kappa shape index (κ3) is 4.66. The molecule has 0 saturated heterocycles. The summed E-state index contributed by atoms with van der Waals surface area (Å²) in [7, 11) is 1.32. The number of carbonyl (C=O) groups excluding carboxylic acids is 1. The molecule has 1 heterocycles. The third-order valence-electron chi connectivity index (χ3n) is 5.26. The fourth-order valence-corrected chi connectivity index (χ4v) is 3.77. The number of hydrogen-bond acceptors (Lipinski definition) is 6. The number of halogens is 1. The van der Waals surface area contributed by atoms with Gasteiger partial charge in [-0.3, -0.25) is 10.1 Å². The van der Waals surface area contributed by atoms with E-state index in [4.69, 9.17) is 16.3 Å². The Morgan fingerprint density at radius 3 is 2.32 bits per heavy atom. The van der Waals surface area contributed by atoms with Gasteiger partial charge in [0, 0.05) is 23.6 Å². The Bertz CT molecular complexity index is 1040. The molecule has 2 atom stereocenters. The van der Waals surface area contributed by atoms with Crippen LogP contribution >= 0.6 is 11.6 Å². The SMILES string of the molecule is COC(=O)[C@@]1(Cc2ccc([N+](=O)[O-])cc2)N=N[C@H](C(C)(C)C)/C1=C\c1ccc(Cl)cc1. The van der Waals surface area contributed by atoms with E-state index >= 15 is 0 Å².